The Bertz CT molecular complexity index is 924. The van der Waals surface area contributed by atoms with Crippen molar-refractivity contribution in [3.8, 4) is 5.75 Å². The fourth-order valence-corrected chi connectivity index (χ4v) is 2.48. The molecule has 0 aliphatic carbocycles. The minimum atomic E-state index is -0.601. The van der Waals surface area contributed by atoms with E-state index in [4.69, 9.17) is 40.2 Å². The number of carbonyl (C=O) groups is 2. The largest absolute Gasteiger partial charge is 0.482 e. The van der Waals surface area contributed by atoms with Crippen LogP contribution in [0.25, 0.3) is 0 Å². The van der Waals surface area contributed by atoms with Gasteiger partial charge >= 0.3 is 0 Å². The van der Waals surface area contributed by atoms with E-state index in [1.165, 1.54) is 36.4 Å². The molecule has 0 aliphatic rings. The van der Waals surface area contributed by atoms with E-state index in [2.05, 4.69) is 16.2 Å². The molecule has 3 N–H and O–H groups in total. The van der Waals surface area contributed by atoms with Crippen molar-refractivity contribution < 1.29 is 19.2 Å². The van der Waals surface area contributed by atoms with Crippen molar-refractivity contribution in [2.75, 3.05) is 6.61 Å². The van der Waals surface area contributed by atoms with Gasteiger partial charge < -0.3 is 4.74 Å². The molecule has 0 atom stereocenters. The van der Waals surface area contributed by atoms with Crippen LogP contribution in [-0.2, 0) is 4.79 Å². The Balaban J connectivity index is 1.77. The Morgan fingerprint density at radius 1 is 1.11 bits per heavy atom. The number of carbonyl (C=O) groups excluding carboxylic acids is 2. The third-order valence-corrected chi connectivity index (χ3v) is 3.87. The van der Waals surface area contributed by atoms with Gasteiger partial charge in [0, 0.05) is 22.7 Å². The van der Waals surface area contributed by atoms with E-state index in [-0.39, 0.29) is 33.7 Å². The molecule has 2 amide bonds. The number of nitro groups is 1. The van der Waals surface area contributed by atoms with Crippen LogP contribution < -0.4 is 20.9 Å². The third-order valence-electron chi connectivity index (χ3n) is 3.14. The number of nitro benzene ring substituents is 1. The lowest BCUT2D eigenvalue weighted by Crippen LogP contribution is -2.49. The second kappa shape index (κ2) is 9.83. The number of rotatable bonds is 5. The smallest absolute Gasteiger partial charge is 0.269 e. The molecule has 0 unspecified atom stereocenters. The van der Waals surface area contributed by atoms with Gasteiger partial charge in [0.05, 0.1) is 9.95 Å². The van der Waals surface area contributed by atoms with Crippen molar-refractivity contribution in [3.63, 3.8) is 0 Å². The number of hydrogen-bond donors (Lipinski definition) is 3. The lowest BCUT2D eigenvalue weighted by molar-refractivity contribution is -0.384. The topological polar surface area (TPSA) is 123 Å². The van der Waals surface area contributed by atoms with Gasteiger partial charge in [0.25, 0.3) is 17.5 Å². The molecular weight excluding hydrogens is 431 g/mol. The van der Waals surface area contributed by atoms with Gasteiger partial charge in [-0.1, -0.05) is 23.2 Å². The first-order chi connectivity index (χ1) is 13.3. The number of hydrogen-bond acceptors (Lipinski definition) is 6. The maximum atomic E-state index is 11.9. The fraction of sp³-hybridized carbons (Fsp3) is 0.0625. The van der Waals surface area contributed by atoms with Crippen molar-refractivity contribution in [2.45, 2.75) is 0 Å². The number of non-ortho nitro benzene ring substituents is 1. The van der Waals surface area contributed by atoms with E-state index >= 15 is 0 Å². The molecule has 0 saturated carbocycles. The number of nitrogens with zero attached hydrogens (tertiary/aromatic N) is 1. The highest BCUT2D eigenvalue weighted by atomic mass is 35.5. The van der Waals surface area contributed by atoms with Crippen molar-refractivity contribution in [1.82, 2.24) is 16.2 Å². The summed E-state index contributed by atoms with van der Waals surface area (Å²) in [5, 5.41) is 13.4. The van der Waals surface area contributed by atoms with Crippen LogP contribution in [0.4, 0.5) is 5.69 Å². The normalized spacial score (nSPS) is 9.93. The fourth-order valence-electron chi connectivity index (χ4n) is 1.85. The first-order valence-electron chi connectivity index (χ1n) is 7.48. The molecule has 2 aromatic carbocycles. The van der Waals surface area contributed by atoms with Gasteiger partial charge in [-0.05, 0) is 42.5 Å². The Labute approximate surface area is 174 Å². The van der Waals surface area contributed by atoms with Crippen LogP contribution in [0.2, 0.25) is 10.0 Å². The summed E-state index contributed by atoms with van der Waals surface area (Å²) in [5.74, 6) is -0.921. The molecule has 0 aromatic heterocycles. The summed E-state index contributed by atoms with van der Waals surface area (Å²) in [6, 6.07) is 9.47. The SMILES string of the molecule is O=C(COc1ccc(Cl)cc1Cl)NC(=S)NNC(=O)c1ccc([N+](=O)[O-])cc1. The first-order valence-corrected chi connectivity index (χ1v) is 8.65. The molecule has 28 heavy (non-hydrogen) atoms. The molecule has 12 heteroatoms. The van der Waals surface area contributed by atoms with Crippen molar-refractivity contribution >= 4 is 58.0 Å². The van der Waals surface area contributed by atoms with Crippen LogP contribution in [0, 0.1) is 10.1 Å². The van der Waals surface area contributed by atoms with Gasteiger partial charge in [0.1, 0.15) is 5.75 Å². The average Bonchev–Trinajstić information content (AvgIpc) is 2.65. The maximum Gasteiger partial charge on any atom is 0.269 e. The number of halogens is 2. The van der Waals surface area contributed by atoms with E-state index in [9.17, 15) is 19.7 Å². The number of thiocarbonyl (C=S) groups is 1. The highest BCUT2D eigenvalue weighted by Crippen LogP contribution is 2.27. The van der Waals surface area contributed by atoms with Crippen LogP contribution in [0.15, 0.2) is 42.5 Å². The van der Waals surface area contributed by atoms with Gasteiger partial charge in [-0.25, -0.2) is 0 Å². The summed E-state index contributed by atoms with van der Waals surface area (Å²) in [5.41, 5.74) is 4.60. The van der Waals surface area contributed by atoms with E-state index in [0.29, 0.717) is 5.02 Å². The van der Waals surface area contributed by atoms with E-state index in [1.54, 1.807) is 6.07 Å². The van der Waals surface area contributed by atoms with E-state index < -0.39 is 16.7 Å². The highest BCUT2D eigenvalue weighted by Gasteiger charge is 2.11. The second-order valence-electron chi connectivity index (χ2n) is 5.12. The first kappa shape index (κ1) is 21.4. The Morgan fingerprint density at radius 2 is 1.79 bits per heavy atom. The van der Waals surface area contributed by atoms with E-state index in [0.717, 1.165) is 0 Å². The predicted molar refractivity (Wildman–Crippen MR) is 106 cm³/mol. The summed E-state index contributed by atoms with van der Waals surface area (Å²) in [6.45, 7) is -0.376. The molecule has 0 radical (unpaired) electrons. The summed E-state index contributed by atoms with van der Waals surface area (Å²) in [4.78, 5) is 33.7. The monoisotopic (exact) mass is 442 g/mol. The number of benzene rings is 2. The molecule has 146 valence electrons. The molecule has 0 aliphatic heterocycles. The Hall–Kier alpha value is -2.95. The van der Waals surface area contributed by atoms with Gasteiger partial charge in [-0.2, -0.15) is 0 Å². The predicted octanol–water partition coefficient (Wildman–Crippen LogP) is 2.62. The van der Waals surface area contributed by atoms with Crippen molar-refractivity contribution in [2.24, 2.45) is 0 Å². The van der Waals surface area contributed by atoms with Crippen LogP contribution in [0.1, 0.15) is 10.4 Å². The van der Waals surface area contributed by atoms with Crippen molar-refractivity contribution in [1.29, 1.82) is 0 Å². The molecule has 2 rings (SSSR count). The zero-order chi connectivity index (χ0) is 20.7. The number of hydrazine groups is 1. The Morgan fingerprint density at radius 3 is 2.39 bits per heavy atom. The van der Waals surface area contributed by atoms with Gasteiger partial charge in [-0.3, -0.25) is 35.9 Å². The minimum Gasteiger partial charge on any atom is -0.482 e. The summed E-state index contributed by atoms with van der Waals surface area (Å²) in [6.07, 6.45) is 0. The lowest BCUT2D eigenvalue weighted by Gasteiger charge is -2.12. The molecule has 0 bridgehead atoms. The Kier molecular flexibility index (Phi) is 7.50. The minimum absolute atomic E-state index is 0.145. The number of nitrogens with one attached hydrogen (secondary N) is 3. The second-order valence-corrected chi connectivity index (χ2v) is 6.38. The molecule has 0 fully saturated rings. The summed E-state index contributed by atoms with van der Waals surface area (Å²) < 4.78 is 5.25. The molecule has 9 nitrogen and oxygen atoms in total. The molecular formula is C16H12Cl2N4O5S. The van der Waals surface area contributed by atoms with Crippen LogP contribution in [-0.4, -0.2) is 28.5 Å². The number of amides is 2. The van der Waals surface area contributed by atoms with Crippen LogP contribution in [0.5, 0.6) is 5.75 Å². The molecule has 0 spiro atoms. The zero-order valence-electron chi connectivity index (χ0n) is 13.9. The quantitative estimate of drug-likeness (QED) is 0.369. The third kappa shape index (κ3) is 6.34. The highest BCUT2D eigenvalue weighted by molar-refractivity contribution is 7.80. The summed E-state index contributed by atoms with van der Waals surface area (Å²) in [7, 11) is 0. The molecule has 0 heterocycles. The van der Waals surface area contributed by atoms with Crippen LogP contribution in [0.3, 0.4) is 0 Å². The van der Waals surface area contributed by atoms with Gasteiger partial charge in [0.2, 0.25) is 0 Å². The van der Waals surface area contributed by atoms with Gasteiger partial charge in [-0.15, -0.1) is 0 Å². The zero-order valence-corrected chi connectivity index (χ0v) is 16.2. The lowest BCUT2D eigenvalue weighted by atomic mass is 10.2. The summed E-state index contributed by atoms with van der Waals surface area (Å²) >= 11 is 16.6. The van der Waals surface area contributed by atoms with Crippen molar-refractivity contribution in [3.05, 3.63) is 68.2 Å². The number of ether oxygens (including phenoxy) is 1. The molecule has 0 saturated heterocycles. The standard InChI is InChI=1S/C16H12Cl2N4O5S/c17-10-3-6-13(12(18)7-10)27-8-14(23)19-16(28)21-20-15(24)9-1-4-11(5-2-9)22(25)26/h1-7H,8H2,(H,20,24)(H2,19,21,23,28). The average molecular weight is 443 g/mol. The van der Waals surface area contributed by atoms with Gasteiger partial charge in [0.15, 0.2) is 11.7 Å². The maximum absolute atomic E-state index is 11.9. The van der Waals surface area contributed by atoms with Crippen LogP contribution >= 0.6 is 35.4 Å². The molecule has 2 aromatic rings. The van der Waals surface area contributed by atoms with E-state index in [1.807, 2.05) is 0 Å².